The first kappa shape index (κ1) is 37.4. The number of nitrogens with zero attached hydrogens (tertiary/aromatic N) is 3. The fraction of sp³-hybridized carbons (Fsp3) is 0.413. The minimum atomic E-state index is 0.423. The van der Waals surface area contributed by atoms with E-state index in [-0.39, 0.29) is 0 Å². The Kier molecular flexibility index (Phi) is 11.8. The van der Waals surface area contributed by atoms with Crippen LogP contribution < -0.4 is 29.2 Å². The number of piperidine rings is 1. The molecule has 3 aromatic carbocycles. The van der Waals surface area contributed by atoms with E-state index in [1.165, 1.54) is 51.9 Å². The van der Waals surface area contributed by atoms with Gasteiger partial charge in [0.15, 0.2) is 23.0 Å². The first-order chi connectivity index (χ1) is 26.4. The third-order valence-corrected chi connectivity index (χ3v) is 11.2. The van der Waals surface area contributed by atoms with Crippen molar-refractivity contribution in [2.75, 3.05) is 59.5 Å². The van der Waals surface area contributed by atoms with Crippen LogP contribution in [0.3, 0.4) is 0 Å². The van der Waals surface area contributed by atoms with Crippen LogP contribution in [0.15, 0.2) is 84.8 Å². The monoisotopic (exact) mass is 728 g/mol. The summed E-state index contributed by atoms with van der Waals surface area (Å²) < 4.78 is 23.1. The van der Waals surface area contributed by atoms with Gasteiger partial charge in [-0.05, 0) is 121 Å². The predicted octanol–water partition coefficient (Wildman–Crippen LogP) is 8.96. The summed E-state index contributed by atoms with van der Waals surface area (Å²) in [6.07, 6.45) is 15.1. The number of methoxy groups -OCH3 is 4. The highest BCUT2D eigenvalue weighted by molar-refractivity contribution is 5.78. The molecule has 8 nitrogen and oxygen atoms in total. The number of anilines is 1. The molecule has 2 fully saturated rings. The molecule has 0 bridgehead atoms. The number of aromatic nitrogens is 1. The van der Waals surface area contributed by atoms with Gasteiger partial charge in [0.1, 0.15) is 0 Å². The van der Waals surface area contributed by atoms with Crippen LogP contribution in [0.25, 0.3) is 16.7 Å². The van der Waals surface area contributed by atoms with Crippen molar-refractivity contribution in [3.05, 3.63) is 113 Å². The van der Waals surface area contributed by atoms with E-state index in [0.29, 0.717) is 12.0 Å². The van der Waals surface area contributed by atoms with Gasteiger partial charge in [-0.2, -0.15) is 0 Å². The Hall–Kier alpha value is -4.95. The zero-order valence-electron chi connectivity index (χ0n) is 32.9. The van der Waals surface area contributed by atoms with Crippen LogP contribution >= 0.6 is 0 Å². The molecule has 54 heavy (non-hydrogen) atoms. The number of pyridine rings is 1. The number of ether oxygens (including phenoxy) is 4. The maximum absolute atomic E-state index is 5.78. The maximum atomic E-state index is 5.78. The number of benzene rings is 3. The van der Waals surface area contributed by atoms with Crippen molar-refractivity contribution >= 4 is 11.3 Å². The summed E-state index contributed by atoms with van der Waals surface area (Å²) in [5.74, 6) is 3.82. The molecule has 8 heteroatoms. The number of dihydropyridines is 1. The van der Waals surface area contributed by atoms with E-state index in [0.717, 1.165) is 98.1 Å². The molecule has 1 aliphatic carbocycles. The second-order valence-electron chi connectivity index (χ2n) is 15.0. The molecule has 1 N–H and O–H groups in total. The third kappa shape index (κ3) is 8.39. The van der Waals surface area contributed by atoms with Crippen LogP contribution in [0.2, 0.25) is 0 Å². The highest BCUT2D eigenvalue weighted by Gasteiger charge is 2.30. The Balaban J connectivity index is 1.06. The van der Waals surface area contributed by atoms with Gasteiger partial charge < -0.3 is 29.2 Å². The van der Waals surface area contributed by atoms with Gasteiger partial charge in [-0.15, -0.1) is 0 Å². The lowest BCUT2D eigenvalue weighted by Gasteiger charge is -2.40. The molecule has 3 aliphatic rings. The number of aryl methyl sites for hydroxylation is 2. The van der Waals surface area contributed by atoms with Gasteiger partial charge in [0, 0.05) is 74.2 Å². The Morgan fingerprint density at radius 1 is 0.796 bits per heavy atom. The fourth-order valence-electron chi connectivity index (χ4n) is 8.17. The van der Waals surface area contributed by atoms with Crippen LogP contribution in [0, 0.1) is 6.92 Å². The van der Waals surface area contributed by atoms with Crippen LogP contribution in [0.5, 0.6) is 23.0 Å². The Morgan fingerprint density at radius 2 is 1.52 bits per heavy atom. The van der Waals surface area contributed by atoms with E-state index in [1.807, 2.05) is 12.4 Å². The molecule has 1 saturated carbocycles. The van der Waals surface area contributed by atoms with Crippen molar-refractivity contribution in [3.8, 4) is 34.1 Å². The van der Waals surface area contributed by atoms with E-state index < -0.39 is 0 Å². The molecule has 0 amide bonds. The van der Waals surface area contributed by atoms with Crippen molar-refractivity contribution in [3.63, 3.8) is 0 Å². The van der Waals surface area contributed by atoms with Gasteiger partial charge in [-0.3, -0.25) is 9.88 Å². The van der Waals surface area contributed by atoms with Crippen LogP contribution in [-0.4, -0.2) is 70.5 Å². The van der Waals surface area contributed by atoms with Gasteiger partial charge >= 0.3 is 0 Å². The second kappa shape index (κ2) is 17.0. The van der Waals surface area contributed by atoms with Gasteiger partial charge in [0.2, 0.25) is 0 Å². The zero-order chi connectivity index (χ0) is 37.6. The SMILES string of the molecule is CCCc1cc(-c2cncc(CN(c3ccc(C)cc3)C3CCN(CC4=CC(c5cc(OC)c(OC)c(C6CC6)c5)=CNC4)CC3)c2)cc(OC)c1OC. The highest BCUT2D eigenvalue weighted by Crippen LogP contribution is 2.49. The number of hydrogen-bond donors (Lipinski definition) is 1. The third-order valence-electron chi connectivity index (χ3n) is 11.2. The first-order valence-electron chi connectivity index (χ1n) is 19.5. The minimum absolute atomic E-state index is 0.423. The summed E-state index contributed by atoms with van der Waals surface area (Å²) in [6, 6.07) is 20.4. The number of nitrogens with one attached hydrogen (secondary N) is 1. The summed E-state index contributed by atoms with van der Waals surface area (Å²) in [7, 11) is 6.89. The maximum Gasteiger partial charge on any atom is 0.164 e. The lowest BCUT2D eigenvalue weighted by Crippen LogP contribution is -2.45. The van der Waals surface area contributed by atoms with Gasteiger partial charge in [0.25, 0.3) is 0 Å². The average Bonchev–Trinajstić information content (AvgIpc) is 4.06. The van der Waals surface area contributed by atoms with E-state index in [4.69, 9.17) is 23.9 Å². The molecular formula is C46H56N4O4. The summed E-state index contributed by atoms with van der Waals surface area (Å²) in [4.78, 5) is 9.97. The van der Waals surface area contributed by atoms with E-state index in [1.54, 1.807) is 28.4 Å². The smallest absolute Gasteiger partial charge is 0.164 e. The van der Waals surface area contributed by atoms with Crippen LogP contribution in [-0.2, 0) is 13.0 Å². The van der Waals surface area contributed by atoms with Crippen LogP contribution in [0.1, 0.15) is 72.8 Å². The molecule has 0 radical (unpaired) electrons. The molecule has 284 valence electrons. The molecule has 1 aromatic heterocycles. The molecule has 4 aromatic rings. The van der Waals surface area contributed by atoms with Crippen LogP contribution in [0.4, 0.5) is 5.69 Å². The van der Waals surface area contributed by atoms with Gasteiger partial charge in [-0.25, -0.2) is 0 Å². The normalized spacial score (nSPS) is 16.3. The summed E-state index contributed by atoms with van der Waals surface area (Å²) in [6.45, 7) is 9.07. The van der Waals surface area contributed by atoms with E-state index in [9.17, 15) is 0 Å². The molecule has 0 spiro atoms. The van der Waals surface area contributed by atoms with Crippen molar-refractivity contribution in [1.82, 2.24) is 15.2 Å². The van der Waals surface area contributed by atoms with E-state index >= 15 is 0 Å². The Labute approximate surface area is 321 Å². The van der Waals surface area contributed by atoms with Crippen molar-refractivity contribution in [1.29, 1.82) is 0 Å². The number of rotatable bonds is 15. The molecule has 2 aliphatic heterocycles. The Bertz CT molecular complexity index is 1980. The molecule has 7 rings (SSSR count). The largest absolute Gasteiger partial charge is 0.493 e. The lowest BCUT2D eigenvalue weighted by atomic mass is 9.96. The van der Waals surface area contributed by atoms with Crippen molar-refractivity contribution in [2.45, 2.75) is 70.9 Å². The van der Waals surface area contributed by atoms with Crippen molar-refractivity contribution in [2.24, 2.45) is 0 Å². The van der Waals surface area contributed by atoms with E-state index in [2.05, 4.69) is 95.8 Å². The molecule has 1 saturated heterocycles. The number of allylic oxidation sites excluding steroid dienone is 2. The average molecular weight is 729 g/mol. The molecule has 0 unspecified atom stereocenters. The second-order valence-corrected chi connectivity index (χ2v) is 15.0. The minimum Gasteiger partial charge on any atom is -0.493 e. The number of hydrogen-bond acceptors (Lipinski definition) is 8. The Morgan fingerprint density at radius 3 is 2.20 bits per heavy atom. The number of likely N-dealkylation sites (tertiary alicyclic amines) is 1. The highest BCUT2D eigenvalue weighted by atomic mass is 16.5. The first-order valence-corrected chi connectivity index (χ1v) is 19.5. The standard InChI is InChI=1S/C46H56N4O4/c1-7-8-35-21-36(23-43(51-3)45(35)53-5)38-20-33(26-48-27-38)30-50(40-13-9-31(2)10-14-40)41-15-17-49(18-16-41)29-32-19-39(28-47-25-32)37-22-42(34-11-12-34)46(54-6)44(24-37)52-4/h9-10,13-14,19-24,26-28,34,41,47H,7-8,11-12,15-18,25,29-30H2,1-6H3. The summed E-state index contributed by atoms with van der Waals surface area (Å²) in [5.41, 5.74) is 12.1. The van der Waals surface area contributed by atoms with Crippen molar-refractivity contribution < 1.29 is 18.9 Å². The zero-order valence-corrected chi connectivity index (χ0v) is 32.9. The molecular weight excluding hydrogens is 673 g/mol. The summed E-state index contributed by atoms with van der Waals surface area (Å²) >= 11 is 0. The fourth-order valence-corrected chi connectivity index (χ4v) is 8.17. The topological polar surface area (TPSA) is 68.3 Å². The quantitative estimate of drug-likeness (QED) is 0.130. The van der Waals surface area contributed by atoms with Gasteiger partial charge in [-0.1, -0.05) is 37.1 Å². The molecule has 3 heterocycles. The summed E-state index contributed by atoms with van der Waals surface area (Å²) in [5, 5.41) is 3.56. The molecule has 0 atom stereocenters. The van der Waals surface area contributed by atoms with Gasteiger partial charge in [0.05, 0.1) is 28.4 Å². The lowest BCUT2D eigenvalue weighted by molar-refractivity contribution is 0.222. The predicted molar refractivity (Wildman–Crippen MR) is 219 cm³/mol.